The fourth-order valence-electron chi connectivity index (χ4n) is 1.65. The van der Waals surface area contributed by atoms with E-state index < -0.39 is 0 Å². The van der Waals surface area contributed by atoms with Crippen LogP contribution in [-0.4, -0.2) is 0 Å². The van der Waals surface area contributed by atoms with Crippen LogP contribution in [0.1, 0.15) is 11.1 Å². The topological polar surface area (TPSA) is 53.0 Å². The van der Waals surface area contributed by atoms with Crippen molar-refractivity contribution in [2.24, 2.45) is 5.84 Å². The van der Waals surface area contributed by atoms with Gasteiger partial charge in [-0.1, -0.05) is 12.1 Å². The first-order valence-electron chi connectivity index (χ1n) is 5.46. The van der Waals surface area contributed by atoms with Gasteiger partial charge in [0.25, 0.3) is 0 Å². The Morgan fingerprint density at radius 2 is 1.89 bits per heavy atom. The Balaban J connectivity index is 2.12. The summed E-state index contributed by atoms with van der Waals surface area (Å²) < 4.78 is 13.0. The Kier molecular flexibility index (Phi) is 3.56. The van der Waals surface area contributed by atoms with Crippen LogP contribution < -0.4 is 10.9 Å². The minimum absolute atomic E-state index is 0.277. The predicted molar refractivity (Wildman–Crippen MR) is 67.9 cm³/mol. The molecule has 3 nitrogen and oxygen atoms in total. The average molecular weight is 241 g/mol. The maximum absolute atomic E-state index is 13.0. The highest BCUT2D eigenvalue weighted by Gasteiger charge is 2.03. The largest absolute Gasteiger partial charge is 0.307 e. The third-order valence-electron chi connectivity index (χ3n) is 2.57. The second-order valence-electron chi connectivity index (χ2n) is 3.92. The Labute approximate surface area is 105 Å². The van der Waals surface area contributed by atoms with E-state index in [1.807, 2.05) is 12.1 Å². The molecule has 0 saturated carbocycles. The van der Waals surface area contributed by atoms with Gasteiger partial charge in [-0.15, -0.1) is 0 Å². The van der Waals surface area contributed by atoms with Crippen molar-refractivity contribution in [3.63, 3.8) is 0 Å². The smallest absolute Gasteiger partial charge is 0.123 e. The van der Waals surface area contributed by atoms with E-state index in [0.717, 1.165) is 11.3 Å². The number of anilines is 1. The van der Waals surface area contributed by atoms with Crippen molar-refractivity contribution in [1.82, 2.24) is 0 Å². The SMILES string of the molecule is N#Cc1ccc(N(N)Cc2cccc(F)c2)cc1. The standard InChI is InChI=1S/C14H12FN3/c15-13-3-1-2-12(8-13)10-18(17)14-6-4-11(9-16)5-7-14/h1-8H,10,17H2. The molecule has 0 saturated heterocycles. The molecule has 0 unspecified atom stereocenters. The minimum atomic E-state index is -0.277. The summed E-state index contributed by atoms with van der Waals surface area (Å²) in [6, 6.07) is 15.3. The van der Waals surface area contributed by atoms with Crippen molar-refractivity contribution in [2.45, 2.75) is 6.54 Å². The molecular formula is C14H12FN3. The number of hydrogen-bond donors (Lipinski definition) is 1. The van der Waals surface area contributed by atoms with Gasteiger partial charge in [0.05, 0.1) is 23.9 Å². The van der Waals surface area contributed by atoms with Crippen molar-refractivity contribution >= 4 is 5.69 Å². The molecule has 2 aromatic carbocycles. The number of hydrazine groups is 1. The van der Waals surface area contributed by atoms with Gasteiger partial charge in [0.1, 0.15) is 5.82 Å². The lowest BCUT2D eigenvalue weighted by atomic mass is 10.2. The molecule has 0 radical (unpaired) electrons. The molecule has 0 heterocycles. The molecule has 0 bridgehead atoms. The van der Waals surface area contributed by atoms with Crippen LogP contribution >= 0.6 is 0 Å². The highest BCUT2D eigenvalue weighted by Crippen LogP contribution is 2.15. The Morgan fingerprint density at radius 1 is 1.17 bits per heavy atom. The van der Waals surface area contributed by atoms with Crippen molar-refractivity contribution in [1.29, 1.82) is 5.26 Å². The number of nitriles is 1. The van der Waals surface area contributed by atoms with Crippen LogP contribution in [0.15, 0.2) is 48.5 Å². The van der Waals surface area contributed by atoms with Gasteiger partial charge >= 0.3 is 0 Å². The highest BCUT2D eigenvalue weighted by molar-refractivity contribution is 5.48. The van der Waals surface area contributed by atoms with E-state index in [1.165, 1.54) is 17.1 Å². The lowest BCUT2D eigenvalue weighted by Gasteiger charge is -2.18. The lowest BCUT2D eigenvalue weighted by Crippen LogP contribution is -2.29. The predicted octanol–water partition coefficient (Wildman–Crippen LogP) is 2.58. The summed E-state index contributed by atoms with van der Waals surface area (Å²) in [4.78, 5) is 0. The van der Waals surface area contributed by atoms with E-state index in [4.69, 9.17) is 11.1 Å². The van der Waals surface area contributed by atoms with Crippen molar-refractivity contribution < 1.29 is 4.39 Å². The third-order valence-corrected chi connectivity index (χ3v) is 2.57. The fraction of sp³-hybridized carbons (Fsp3) is 0.0714. The summed E-state index contributed by atoms with van der Waals surface area (Å²) >= 11 is 0. The first-order chi connectivity index (χ1) is 8.69. The molecule has 0 aliphatic carbocycles. The first kappa shape index (κ1) is 12.1. The monoisotopic (exact) mass is 241 g/mol. The van der Waals surface area contributed by atoms with E-state index in [0.29, 0.717) is 12.1 Å². The molecule has 0 fully saturated rings. The molecule has 0 aliphatic heterocycles. The van der Waals surface area contributed by atoms with Gasteiger partial charge in [-0.2, -0.15) is 5.26 Å². The number of nitrogens with zero attached hydrogens (tertiary/aromatic N) is 2. The third kappa shape index (κ3) is 2.84. The number of nitrogens with two attached hydrogens (primary N) is 1. The van der Waals surface area contributed by atoms with Gasteiger partial charge in [-0.05, 0) is 42.0 Å². The molecule has 2 aromatic rings. The number of rotatable bonds is 3. The molecule has 2 N–H and O–H groups in total. The van der Waals surface area contributed by atoms with E-state index >= 15 is 0 Å². The van der Waals surface area contributed by atoms with Gasteiger partial charge < -0.3 is 5.01 Å². The number of hydrogen-bond acceptors (Lipinski definition) is 3. The average Bonchev–Trinajstić information content (AvgIpc) is 2.39. The van der Waals surface area contributed by atoms with Crippen molar-refractivity contribution in [3.05, 3.63) is 65.5 Å². The first-order valence-corrected chi connectivity index (χ1v) is 5.46. The van der Waals surface area contributed by atoms with E-state index in [-0.39, 0.29) is 5.82 Å². The van der Waals surface area contributed by atoms with Gasteiger partial charge in [0, 0.05) is 0 Å². The fourth-order valence-corrected chi connectivity index (χ4v) is 1.65. The molecule has 4 heteroatoms. The summed E-state index contributed by atoms with van der Waals surface area (Å²) in [5.74, 6) is 5.62. The molecule has 0 amide bonds. The van der Waals surface area contributed by atoms with Crippen LogP contribution in [0.5, 0.6) is 0 Å². The molecule has 0 aliphatic rings. The summed E-state index contributed by atoms with van der Waals surface area (Å²) in [5, 5.41) is 10.2. The lowest BCUT2D eigenvalue weighted by molar-refractivity contribution is 0.624. The van der Waals surface area contributed by atoms with Crippen molar-refractivity contribution in [3.8, 4) is 6.07 Å². The molecule has 0 aromatic heterocycles. The zero-order valence-electron chi connectivity index (χ0n) is 9.68. The van der Waals surface area contributed by atoms with Crippen molar-refractivity contribution in [2.75, 3.05) is 5.01 Å². The van der Waals surface area contributed by atoms with Gasteiger partial charge in [0.2, 0.25) is 0 Å². The molecule has 0 spiro atoms. The highest BCUT2D eigenvalue weighted by atomic mass is 19.1. The van der Waals surface area contributed by atoms with Gasteiger partial charge in [0.15, 0.2) is 0 Å². The molecule has 90 valence electrons. The Hall–Kier alpha value is -2.38. The maximum atomic E-state index is 13.0. The zero-order chi connectivity index (χ0) is 13.0. The minimum Gasteiger partial charge on any atom is -0.307 e. The summed E-state index contributed by atoms with van der Waals surface area (Å²) in [7, 11) is 0. The second kappa shape index (κ2) is 5.30. The molecule has 18 heavy (non-hydrogen) atoms. The quantitative estimate of drug-likeness (QED) is 0.663. The maximum Gasteiger partial charge on any atom is 0.123 e. The number of halogens is 1. The van der Waals surface area contributed by atoms with E-state index in [9.17, 15) is 4.39 Å². The summed E-state index contributed by atoms with van der Waals surface area (Å²) in [6.45, 7) is 0.406. The summed E-state index contributed by atoms with van der Waals surface area (Å²) in [6.07, 6.45) is 0. The van der Waals surface area contributed by atoms with Crippen LogP contribution in [-0.2, 0) is 6.54 Å². The van der Waals surface area contributed by atoms with Crippen LogP contribution in [0.4, 0.5) is 10.1 Å². The molecule has 0 atom stereocenters. The Morgan fingerprint density at radius 3 is 2.50 bits per heavy atom. The second-order valence-corrected chi connectivity index (χ2v) is 3.92. The van der Waals surface area contributed by atoms with Crippen LogP contribution in [0.2, 0.25) is 0 Å². The Bertz CT molecular complexity index is 572. The normalized spacial score (nSPS) is 9.83. The zero-order valence-corrected chi connectivity index (χ0v) is 9.68. The van der Waals surface area contributed by atoms with Crippen LogP contribution in [0.25, 0.3) is 0 Å². The molecule has 2 rings (SSSR count). The van der Waals surface area contributed by atoms with Crippen LogP contribution in [0.3, 0.4) is 0 Å². The number of benzene rings is 2. The van der Waals surface area contributed by atoms with E-state index in [2.05, 4.69) is 0 Å². The van der Waals surface area contributed by atoms with Gasteiger partial charge in [-0.3, -0.25) is 0 Å². The molecular weight excluding hydrogens is 229 g/mol. The van der Waals surface area contributed by atoms with Gasteiger partial charge in [-0.25, -0.2) is 10.2 Å². The summed E-state index contributed by atoms with van der Waals surface area (Å²) in [5.41, 5.74) is 2.15. The van der Waals surface area contributed by atoms with E-state index in [1.54, 1.807) is 30.3 Å². The van der Waals surface area contributed by atoms with Crippen LogP contribution in [0, 0.1) is 17.1 Å².